The number of likely N-dealkylation sites (tertiary alicyclic amines) is 1. The summed E-state index contributed by atoms with van der Waals surface area (Å²) in [6.07, 6.45) is 2.35. The number of carbonyl (C=O) groups is 2. The summed E-state index contributed by atoms with van der Waals surface area (Å²) >= 11 is 0. The Morgan fingerprint density at radius 1 is 1.22 bits per heavy atom. The predicted octanol–water partition coefficient (Wildman–Crippen LogP) is 3.70. The number of rotatable bonds is 3. The average Bonchev–Trinajstić information content (AvgIpc) is 3.08. The van der Waals surface area contributed by atoms with E-state index in [0.29, 0.717) is 19.0 Å². The molecule has 0 bridgehead atoms. The van der Waals surface area contributed by atoms with Gasteiger partial charge in [0.05, 0.1) is 5.54 Å². The Morgan fingerprint density at radius 3 is 2.63 bits per heavy atom. The molecule has 3 atom stereocenters. The first-order chi connectivity index (χ1) is 12.7. The van der Waals surface area contributed by atoms with E-state index in [-0.39, 0.29) is 23.7 Å². The van der Waals surface area contributed by atoms with E-state index in [1.54, 1.807) is 4.90 Å². The van der Waals surface area contributed by atoms with Gasteiger partial charge >= 0.3 is 12.2 Å². The summed E-state index contributed by atoms with van der Waals surface area (Å²) in [5, 5.41) is 3.14. The van der Waals surface area contributed by atoms with E-state index < -0.39 is 11.7 Å². The number of nitrogens with zero attached hydrogens (tertiary/aromatic N) is 1. The van der Waals surface area contributed by atoms with E-state index in [1.807, 2.05) is 51.1 Å². The zero-order valence-electron chi connectivity index (χ0n) is 16.3. The molecular weight excluding hydrogens is 344 g/mol. The van der Waals surface area contributed by atoms with Crippen molar-refractivity contribution in [1.29, 1.82) is 0 Å². The fraction of sp³-hybridized carbons (Fsp3) is 0.619. The van der Waals surface area contributed by atoms with Gasteiger partial charge < -0.3 is 19.7 Å². The molecule has 6 heteroatoms. The fourth-order valence-corrected chi connectivity index (χ4v) is 4.98. The van der Waals surface area contributed by atoms with Crippen molar-refractivity contribution < 1.29 is 19.1 Å². The molecular formula is C21H28N2O4. The minimum absolute atomic E-state index is 0.00429. The summed E-state index contributed by atoms with van der Waals surface area (Å²) in [6.45, 7) is 6.99. The monoisotopic (exact) mass is 372 g/mol. The summed E-state index contributed by atoms with van der Waals surface area (Å²) in [5.41, 5.74) is 0.0401. The van der Waals surface area contributed by atoms with Crippen LogP contribution in [0.1, 0.15) is 45.6 Å². The van der Waals surface area contributed by atoms with E-state index in [0.717, 1.165) is 24.8 Å². The highest BCUT2D eigenvalue weighted by atomic mass is 16.6. The standard InChI is InChI=1S/C21H28N2O4/c1-19(2,3)27-17(24)22-21-10-9-16-11-20(16,21)13-23(14-21)18(25)26-12-15-7-5-4-6-8-15/h4-8,16H,9-14H2,1-3H3,(H,22,24). The van der Waals surface area contributed by atoms with Crippen LogP contribution < -0.4 is 5.32 Å². The predicted molar refractivity (Wildman–Crippen MR) is 100 cm³/mol. The van der Waals surface area contributed by atoms with Crippen molar-refractivity contribution in [3.8, 4) is 0 Å². The number of benzene rings is 1. The van der Waals surface area contributed by atoms with Crippen LogP contribution in [-0.2, 0) is 16.1 Å². The summed E-state index contributed by atoms with van der Waals surface area (Å²) in [7, 11) is 0. The second kappa shape index (κ2) is 6.14. The van der Waals surface area contributed by atoms with Crippen molar-refractivity contribution in [2.24, 2.45) is 11.3 Å². The third-order valence-electron chi connectivity index (χ3n) is 6.24. The number of alkyl carbamates (subject to hydrolysis) is 1. The number of hydrogen-bond acceptors (Lipinski definition) is 4. The van der Waals surface area contributed by atoms with Crippen LogP contribution in [0.15, 0.2) is 30.3 Å². The third-order valence-corrected chi connectivity index (χ3v) is 6.24. The van der Waals surface area contributed by atoms with Crippen LogP contribution in [0.25, 0.3) is 0 Å². The van der Waals surface area contributed by atoms with Crippen LogP contribution in [-0.4, -0.2) is 41.3 Å². The maximum Gasteiger partial charge on any atom is 0.410 e. The van der Waals surface area contributed by atoms with Crippen LogP contribution in [0.4, 0.5) is 9.59 Å². The van der Waals surface area contributed by atoms with Gasteiger partial charge in [0.15, 0.2) is 0 Å². The Balaban J connectivity index is 1.41. The van der Waals surface area contributed by atoms with Gasteiger partial charge in [-0.3, -0.25) is 0 Å². The van der Waals surface area contributed by atoms with Crippen molar-refractivity contribution in [2.45, 2.75) is 57.8 Å². The van der Waals surface area contributed by atoms with E-state index in [4.69, 9.17) is 9.47 Å². The van der Waals surface area contributed by atoms with Gasteiger partial charge in [-0.15, -0.1) is 0 Å². The van der Waals surface area contributed by atoms with E-state index in [9.17, 15) is 9.59 Å². The lowest BCUT2D eigenvalue weighted by atomic mass is 9.85. The largest absolute Gasteiger partial charge is 0.445 e. The first-order valence-corrected chi connectivity index (χ1v) is 9.70. The van der Waals surface area contributed by atoms with E-state index >= 15 is 0 Å². The van der Waals surface area contributed by atoms with Gasteiger partial charge in [0.1, 0.15) is 12.2 Å². The van der Waals surface area contributed by atoms with Gasteiger partial charge in [-0.1, -0.05) is 30.3 Å². The first-order valence-electron chi connectivity index (χ1n) is 9.70. The molecule has 27 heavy (non-hydrogen) atoms. The Labute approximate surface area is 160 Å². The Hall–Kier alpha value is -2.24. The summed E-state index contributed by atoms with van der Waals surface area (Å²) in [5.74, 6) is 0.583. The molecule has 1 aromatic rings. The van der Waals surface area contributed by atoms with Crippen molar-refractivity contribution in [3.05, 3.63) is 35.9 Å². The number of ether oxygens (including phenoxy) is 2. The third kappa shape index (κ3) is 3.26. The molecule has 2 saturated carbocycles. The highest BCUT2D eigenvalue weighted by Gasteiger charge is 2.75. The molecule has 0 radical (unpaired) electrons. The fourth-order valence-electron chi connectivity index (χ4n) is 4.98. The summed E-state index contributed by atoms with van der Waals surface area (Å²) < 4.78 is 11.0. The van der Waals surface area contributed by atoms with Crippen molar-refractivity contribution in [3.63, 3.8) is 0 Å². The molecule has 1 spiro atoms. The molecule has 1 aromatic carbocycles. The molecule has 1 N–H and O–H groups in total. The topological polar surface area (TPSA) is 67.9 Å². The number of nitrogens with one attached hydrogen (secondary N) is 1. The molecule has 3 unspecified atom stereocenters. The molecule has 0 aromatic heterocycles. The van der Waals surface area contributed by atoms with Gasteiger partial charge in [-0.05, 0) is 51.5 Å². The van der Waals surface area contributed by atoms with Crippen LogP contribution in [0, 0.1) is 11.3 Å². The molecule has 1 saturated heterocycles. The molecule has 2 aliphatic carbocycles. The number of amides is 2. The average molecular weight is 372 g/mol. The second-order valence-corrected chi connectivity index (χ2v) is 9.20. The van der Waals surface area contributed by atoms with Crippen molar-refractivity contribution >= 4 is 12.2 Å². The molecule has 146 valence electrons. The van der Waals surface area contributed by atoms with Crippen LogP contribution in [0.5, 0.6) is 0 Å². The smallest absolute Gasteiger partial charge is 0.410 e. The zero-order valence-corrected chi connectivity index (χ0v) is 16.3. The van der Waals surface area contributed by atoms with Crippen LogP contribution >= 0.6 is 0 Å². The lowest BCUT2D eigenvalue weighted by Crippen LogP contribution is -2.55. The normalized spacial score (nSPS) is 31.1. The van der Waals surface area contributed by atoms with Gasteiger partial charge in [-0.2, -0.15) is 0 Å². The van der Waals surface area contributed by atoms with Crippen LogP contribution in [0.2, 0.25) is 0 Å². The number of carbonyl (C=O) groups excluding carboxylic acids is 2. The molecule has 3 aliphatic rings. The Bertz CT molecular complexity index is 744. The maximum atomic E-state index is 12.6. The minimum atomic E-state index is -0.539. The molecule has 3 fully saturated rings. The molecule has 2 amide bonds. The summed E-state index contributed by atoms with van der Waals surface area (Å²) in [4.78, 5) is 26.8. The highest BCUT2D eigenvalue weighted by Crippen LogP contribution is 2.71. The lowest BCUT2D eigenvalue weighted by molar-refractivity contribution is 0.0425. The molecule has 1 aliphatic heterocycles. The first kappa shape index (κ1) is 18.1. The molecule has 1 heterocycles. The lowest BCUT2D eigenvalue weighted by Gasteiger charge is -2.33. The van der Waals surface area contributed by atoms with Crippen LogP contribution in [0.3, 0.4) is 0 Å². The van der Waals surface area contributed by atoms with E-state index in [2.05, 4.69) is 5.32 Å². The van der Waals surface area contributed by atoms with Gasteiger partial charge in [0.2, 0.25) is 0 Å². The quantitative estimate of drug-likeness (QED) is 0.878. The van der Waals surface area contributed by atoms with Gasteiger partial charge in [0, 0.05) is 18.5 Å². The van der Waals surface area contributed by atoms with Crippen molar-refractivity contribution in [1.82, 2.24) is 10.2 Å². The maximum absolute atomic E-state index is 12.6. The molecule has 4 rings (SSSR count). The molecule has 6 nitrogen and oxygen atoms in total. The number of hydrogen-bond donors (Lipinski definition) is 1. The Morgan fingerprint density at radius 2 is 1.96 bits per heavy atom. The Kier molecular flexibility index (Phi) is 4.13. The van der Waals surface area contributed by atoms with Gasteiger partial charge in [0.25, 0.3) is 0 Å². The highest BCUT2D eigenvalue weighted by molar-refractivity contribution is 5.72. The minimum Gasteiger partial charge on any atom is -0.445 e. The SMILES string of the molecule is CC(C)(C)OC(=O)NC12CCC3CC31CN(C(=O)OCc1ccccc1)C2. The van der Waals surface area contributed by atoms with Gasteiger partial charge in [-0.25, -0.2) is 9.59 Å². The second-order valence-electron chi connectivity index (χ2n) is 9.20. The van der Waals surface area contributed by atoms with Crippen molar-refractivity contribution in [2.75, 3.05) is 13.1 Å². The zero-order chi connectivity index (χ0) is 19.3. The summed E-state index contributed by atoms with van der Waals surface area (Å²) in [6, 6.07) is 9.67. The van der Waals surface area contributed by atoms with E-state index in [1.165, 1.54) is 0 Å².